The van der Waals surface area contributed by atoms with Gasteiger partial charge in [-0.15, -0.1) is 0 Å². The maximum atomic E-state index is 13.9. The number of likely N-dealkylation sites (tertiary alicyclic amines) is 1. The highest BCUT2D eigenvalue weighted by Gasteiger charge is 2.46. The summed E-state index contributed by atoms with van der Waals surface area (Å²) in [5, 5.41) is 0.545. The van der Waals surface area contributed by atoms with Gasteiger partial charge >= 0.3 is 6.11 Å². The minimum absolute atomic E-state index is 0.159. The maximum Gasteiger partial charge on any atom is 0.444 e. The lowest BCUT2D eigenvalue weighted by atomic mass is 9.86. The van der Waals surface area contributed by atoms with E-state index in [2.05, 4.69) is 4.74 Å². The van der Waals surface area contributed by atoms with Crippen LogP contribution in [-0.2, 0) is 5.60 Å². The number of aromatic nitrogens is 1. The van der Waals surface area contributed by atoms with E-state index in [1.165, 1.54) is 24.1 Å². The molecular weight excluding hydrogens is 520 g/mol. The Morgan fingerprint density at radius 3 is 2.61 bits per heavy atom. The molecule has 3 heterocycles. The van der Waals surface area contributed by atoms with Crippen molar-refractivity contribution in [3.8, 4) is 22.9 Å². The third-order valence-electron chi connectivity index (χ3n) is 6.48. The van der Waals surface area contributed by atoms with E-state index in [4.69, 9.17) is 32.7 Å². The molecule has 1 saturated heterocycles. The number of rotatable bonds is 5. The fourth-order valence-corrected chi connectivity index (χ4v) is 4.88. The number of alkyl halides is 4. The molecule has 6 nitrogen and oxygen atoms in total. The molecule has 0 aliphatic carbocycles. The Labute approximate surface area is 215 Å². The number of piperidine rings is 1. The molecule has 11 heteroatoms. The molecule has 0 saturated carbocycles. The van der Waals surface area contributed by atoms with Crippen molar-refractivity contribution in [3.63, 3.8) is 0 Å². The van der Waals surface area contributed by atoms with Crippen molar-refractivity contribution < 1.29 is 32.2 Å². The van der Waals surface area contributed by atoms with E-state index >= 15 is 0 Å². The first-order valence-corrected chi connectivity index (χ1v) is 11.9. The number of benzene rings is 2. The lowest BCUT2D eigenvalue weighted by Crippen LogP contribution is -2.50. The van der Waals surface area contributed by atoms with Crippen LogP contribution >= 0.6 is 23.2 Å². The second-order valence-electron chi connectivity index (χ2n) is 8.59. The van der Waals surface area contributed by atoms with Crippen molar-refractivity contribution >= 4 is 29.1 Å². The van der Waals surface area contributed by atoms with Gasteiger partial charge in [-0.1, -0.05) is 23.2 Å². The zero-order valence-electron chi connectivity index (χ0n) is 19.0. The summed E-state index contributed by atoms with van der Waals surface area (Å²) in [6.45, 7) is 0.562. The highest BCUT2D eigenvalue weighted by Crippen LogP contribution is 2.46. The van der Waals surface area contributed by atoms with Crippen molar-refractivity contribution in [1.29, 1.82) is 0 Å². The molecule has 1 spiro atoms. The Bertz CT molecular complexity index is 1310. The van der Waals surface area contributed by atoms with E-state index in [1.807, 2.05) is 29.0 Å². The number of carbonyl (C=O) groups excluding carboxylic acids is 1. The second-order valence-corrected chi connectivity index (χ2v) is 9.41. The summed E-state index contributed by atoms with van der Waals surface area (Å²) in [4.78, 5) is 14.9. The molecule has 5 rings (SSSR count). The third-order valence-corrected chi connectivity index (χ3v) is 6.97. The summed E-state index contributed by atoms with van der Waals surface area (Å²) in [7, 11) is 1.33. The van der Waals surface area contributed by atoms with Crippen LogP contribution in [0.2, 0.25) is 5.02 Å². The Hall–Kier alpha value is -3.04. The van der Waals surface area contributed by atoms with Gasteiger partial charge in [-0.2, -0.15) is 8.78 Å². The van der Waals surface area contributed by atoms with Crippen LogP contribution in [0.1, 0.15) is 28.9 Å². The molecule has 1 aromatic heterocycles. The van der Waals surface area contributed by atoms with Gasteiger partial charge in [0, 0.05) is 49.3 Å². The summed E-state index contributed by atoms with van der Waals surface area (Å²) in [5.74, 6) is -0.272. The van der Waals surface area contributed by atoms with E-state index in [1.54, 1.807) is 12.1 Å². The van der Waals surface area contributed by atoms with Crippen LogP contribution in [0.4, 0.5) is 13.2 Å². The van der Waals surface area contributed by atoms with Crippen LogP contribution in [0.25, 0.3) is 5.69 Å². The fraction of sp³-hybridized carbons (Fsp3) is 0.320. The van der Waals surface area contributed by atoms with Gasteiger partial charge in [0.05, 0.1) is 24.1 Å². The van der Waals surface area contributed by atoms with Gasteiger partial charge in [0.1, 0.15) is 17.2 Å². The molecule has 1 atom stereocenters. The predicted octanol–water partition coefficient (Wildman–Crippen LogP) is 6.17. The summed E-state index contributed by atoms with van der Waals surface area (Å²) in [5.41, 5.74) is -2.13. The number of ether oxygens (including phenoxy) is 3. The largest absolute Gasteiger partial charge is 0.497 e. The monoisotopic (exact) mass is 540 g/mol. The molecule has 1 fully saturated rings. The van der Waals surface area contributed by atoms with E-state index < -0.39 is 29.0 Å². The normalized spacial score (nSPS) is 17.1. The van der Waals surface area contributed by atoms with Crippen LogP contribution < -0.4 is 14.2 Å². The van der Waals surface area contributed by atoms with Gasteiger partial charge in [-0.25, -0.2) is 4.39 Å². The number of halogens is 5. The van der Waals surface area contributed by atoms with Crippen molar-refractivity contribution in [1.82, 2.24) is 9.47 Å². The quantitative estimate of drug-likeness (QED) is 0.363. The summed E-state index contributed by atoms with van der Waals surface area (Å²) < 4.78 is 59.2. The molecular formula is C25H21Cl2F3N2O4. The van der Waals surface area contributed by atoms with Crippen molar-refractivity contribution in [2.75, 3.05) is 20.2 Å². The first-order valence-electron chi connectivity index (χ1n) is 11.1. The van der Waals surface area contributed by atoms with Crippen molar-refractivity contribution in [3.05, 3.63) is 71.0 Å². The fourth-order valence-electron chi connectivity index (χ4n) is 4.68. The van der Waals surface area contributed by atoms with E-state index in [0.29, 0.717) is 23.6 Å². The van der Waals surface area contributed by atoms with E-state index in [0.717, 1.165) is 17.4 Å². The van der Waals surface area contributed by atoms with Gasteiger partial charge in [0.15, 0.2) is 5.60 Å². The molecule has 0 radical (unpaired) electrons. The van der Waals surface area contributed by atoms with Gasteiger partial charge < -0.3 is 23.7 Å². The van der Waals surface area contributed by atoms with Crippen LogP contribution in [0.3, 0.4) is 0 Å². The number of amides is 1. The zero-order chi connectivity index (χ0) is 25.7. The topological polar surface area (TPSA) is 52.9 Å². The number of carbonyl (C=O) groups is 1. The zero-order valence-corrected chi connectivity index (χ0v) is 20.5. The Kier molecular flexibility index (Phi) is 6.24. The van der Waals surface area contributed by atoms with E-state index in [9.17, 15) is 18.0 Å². The van der Waals surface area contributed by atoms with Crippen LogP contribution in [0.5, 0.6) is 17.2 Å². The minimum atomic E-state index is -4.34. The smallest absolute Gasteiger partial charge is 0.444 e. The Morgan fingerprint density at radius 2 is 1.92 bits per heavy atom. The maximum absolute atomic E-state index is 13.9. The lowest BCUT2D eigenvalue weighted by Gasteiger charge is -2.45. The molecule has 1 amide bonds. The SMILES string of the molecule is COc1ccc(C(=O)N2CCC3(CC2)Oc2cc(Cl)ccc2-n2cccc23)c(OC(F)(F)C(F)Cl)c1. The van der Waals surface area contributed by atoms with Crippen LogP contribution in [0, 0.1) is 0 Å². The molecule has 2 aliphatic rings. The number of nitrogens with zero attached hydrogens (tertiary/aromatic N) is 2. The molecule has 190 valence electrons. The summed E-state index contributed by atoms with van der Waals surface area (Å²) in [6, 6.07) is 13.2. The molecule has 2 aromatic carbocycles. The van der Waals surface area contributed by atoms with Gasteiger partial charge in [0.2, 0.25) is 0 Å². The highest BCUT2D eigenvalue weighted by molar-refractivity contribution is 6.30. The Balaban J connectivity index is 1.40. The number of fused-ring (bicyclic) bond motifs is 4. The highest BCUT2D eigenvalue weighted by atomic mass is 35.5. The van der Waals surface area contributed by atoms with Gasteiger partial charge in [-0.3, -0.25) is 4.79 Å². The molecule has 2 aliphatic heterocycles. The number of hydrogen-bond donors (Lipinski definition) is 0. The average Bonchev–Trinajstić information content (AvgIpc) is 3.35. The van der Waals surface area contributed by atoms with Gasteiger partial charge in [-0.05, 0) is 36.4 Å². The van der Waals surface area contributed by atoms with E-state index in [-0.39, 0.29) is 24.4 Å². The molecule has 3 aromatic rings. The van der Waals surface area contributed by atoms with Crippen LogP contribution in [-0.4, -0.2) is 47.3 Å². The third kappa shape index (κ3) is 4.24. The average molecular weight is 541 g/mol. The predicted molar refractivity (Wildman–Crippen MR) is 128 cm³/mol. The molecule has 1 unspecified atom stereocenters. The first kappa shape index (κ1) is 24.6. The summed E-state index contributed by atoms with van der Waals surface area (Å²) in [6.07, 6.45) is -1.50. The Morgan fingerprint density at radius 1 is 1.17 bits per heavy atom. The summed E-state index contributed by atoms with van der Waals surface area (Å²) >= 11 is 11.1. The van der Waals surface area contributed by atoms with Gasteiger partial charge in [0.25, 0.3) is 11.5 Å². The standard InChI is InChI=1S/C25H21Cl2F3N2O4/c1-34-16-5-6-17(19(14-16)36-25(29,30)23(27)28)22(33)31-11-8-24(9-12-31)21-3-2-10-32(21)18-7-4-15(26)13-20(18)35-24/h2-7,10,13-14,23H,8-9,11-12H2,1H3. The first-order chi connectivity index (χ1) is 17.1. The lowest BCUT2D eigenvalue weighted by molar-refractivity contribution is -0.199. The number of hydrogen-bond acceptors (Lipinski definition) is 4. The second kappa shape index (κ2) is 9.12. The van der Waals surface area contributed by atoms with Crippen LogP contribution in [0.15, 0.2) is 54.7 Å². The number of methoxy groups -OCH3 is 1. The van der Waals surface area contributed by atoms with Crippen molar-refractivity contribution in [2.24, 2.45) is 0 Å². The molecule has 0 N–H and O–H groups in total. The van der Waals surface area contributed by atoms with Crippen molar-refractivity contribution in [2.45, 2.75) is 30.2 Å². The minimum Gasteiger partial charge on any atom is -0.497 e. The molecule has 0 bridgehead atoms. The molecule has 36 heavy (non-hydrogen) atoms.